The molecule has 1 aliphatic rings. The molecule has 0 unspecified atom stereocenters. The Morgan fingerprint density at radius 3 is 2.40 bits per heavy atom. The van der Waals surface area contributed by atoms with Gasteiger partial charge in [-0.25, -0.2) is 0 Å². The van der Waals surface area contributed by atoms with Crippen LogP contribution in [0.5, 0.6) is 0 Å². The van der Waals surface area contributed by atoms with E-state index in [0.717, 1.165) is 0 Å². The first-order chi connectivity index (χ1) is 9.66. The summed E-state index contributed by atoms with van der Waals surface area (Å²) in [7, 11) is 0. The van der Waals surface area contributed by atoms with Crippen LogP contribution in [0.4, 0.5) is 5.69 Å². The molecule has 5 nitrogen and oxygen atoms in total. The van der Waals surface area contributed by atoms with Crippen LogP contribution in [-0.4, -0.2) is 17.7 Å². The highest BCUT2D eigenvalue weighted by Gasteiger charge is 2.31. The molecule has 1 aliphatic heterocycles. The third kappa shape index (κ3) is 1.95. The van der Waals surface area contributed by atoms with Gasteiger partial charge in [-0.2, -0.15) is 0 Å². The number of hydrogen-bond acceptors (Lipinski definition) is 3. The maximum atomic E-state index is 12.2. The van der Waals surface area contributed by atoms with Gasteiger partial charge in [0.05, 0.1) is 16.7 Å². The molecule has 0 saturated heterocycles. The quantitative estimate of drug-likeness (QED) is 0.814. The van der Waals surface area contributed by atoms with Gasteiger partial charge in [0.25, 0.3) is 17.7 Å². The van der Waals surface area contributed by atoms with Gasteiger partial charge in [0.1, 0.15) is 0 Å². The predicted octanol–water partition coefficient (Wildman–Crippen LogP) is 1.82. The molecule has 1 heterocycles. The fourth-order valence-corrected chi connectivity index (χ4v) is 2.13. The smallest absolute Gasteiger partial charge is 0.259 e. The van der Waals surface area contributed by atoms with E-state index in [2.05, 4.69) is 10.6 Å². The van der Waals surface area contributed by atoms with Gasteiger partial charge in [-0.05, 0) is 24.3 Å². The third-order valence-corrected chi connectivity index (χ3v) is 3.04. The van der Waals surface area contributed by atoms with Crippen molar-refractivity contribution in [3.05, 3.63) is 65.2 Å². The van der Waals surface area contributed by atoms with Crippen LogP contribution in [-0.2, 0) is 0 Å². The Labute approximate surface area is 114 Å². The van der Waals surface area contributed by atoms with Crippen molar-refractivity contribution in [1.29, 1.82) is 0 Å². The molecule has 2 aromatic carbocycles. The van der Waals surface area contributed by atoms with Crippen LogP contribution in [0.25, 0.3) is 0 Å². The fraction of sp³-hybridized carbons (Fsp3) is 0. The Bertz CT molecular complexity index is 723. The number of hydrogen-bond donors (Lipinski definition) is 2. The number of carbonyl (C=O) groups excluding carboxylic acids is 3. The molecule has 0 atom stereocenters. The summed E-state index contributed by atoms with van der Waals surface area (Å²) in [4.78, 5) is 35.5. The van der Waals surface area contributed by atoms with Crippen molar-refractivity contribution < 1.29 is 14.4 Å². The lowest BCUT2D eigenvalue weighted by molar-refractivity contribution is 0.0875. The van der Waals surface area contributed by atoms with Crippen molar-refractivity contribution in [1.82, 2.24) is 5.32 Å². The van der Waals surface area contributed by atoms with E-state index < -0.39 is 17.7 Å². The Morgan fingerprint density at radius 1 is 0.900 bits per heavy atom. The van der Waals surface area contributed by atoms with Crippen LogP contribution in [0.2, 0.25) is 0 Å². The normalized spacial score (nSPS) is 12.8. The van der Waals surface area contributed by atoms with Crippen molar-refractivity contribution in [2.24, 2.45) is 0 Å². The van der Waals surface area contributed by atoms with Crippen molar-refractivity contribution in [2.75, 3.05) is 5.32 Å². The number of nitrogens with one attached hydrogen (secondary N) is 2. The lowest BCUT2D eigenvalue weighted by Gasteiger charge is -2.07. The number of imide groups is 1. The minimum Gasteiger partial charge on any atom is -0.322 e. The molecular formula is C15H10N2O3. The zero-order valence-electron chi connectivity index (χ0n) is 10.3. The second kappa shape index (κ2) is 4.62. The molecule has 2 N–H and O–H groups in total. The first-order valence-corrected chi connectivity index (χ1v) is 6.02. The first-order valence-electron chi connectivity index (χ1n) is 6.02. The van der Waals surface area contributed by atoms with Crippen LogP contribution < -0.4 is 10.6 Å². The van der Waals surface area contributed by atoms with Gasteiger partial charge in [0.15, 0.2) is 0 Å². The fourth-order valence-electron chi connectivity index (χ4n) is 2.13. The summed E-state index contributed by atoms with van der Waals surface area (Å²) >= 11 is 0. The highest BCUT2D eigenvalue weighted by molar-refractivity contribution is 6.26. The van der Waals surface area contributed by atoms with E-state index in [4.69, 9.17) is 0 Å². The van der Waals surface area contributed by atoms with Crippen molar-refractivity contribution in [3.63, 3.8) is 0 Å². The lowest BCUT2D eigenvalue weighted by Crippen LogP contribution is -2.21. The van der Waals surface area contributed by atoms with Gasteiger partial charge in [-0.1, -0.05) is 24.3 Å². The van der Waals surface area contributed by atoms with Gasteiger partial charge in [0.2, 0.25) is 0 Å². The monoisotopic (exact) mass is 266 g/mol. The SMILES string of the molecule is O=C1NC(=O)c2c1cccc2C(=O)Nc1ccccc1. The maximum Gasteiger partial charge on any atom is 0.259 e. The second-order valence-electron chi connectivity index (χ2n) is 4.33. The summed E-state index contributed by atoms with van der Waals surface area (Å²) in [6, 6.07) is 13.5. The van der Waals surface area contributed by atoms with E-state index in [-0.39, 0.29) is 16.7 Å². The van der Waals surface area contributed by atoms with Gasteiger partial charge in [-0.15, -0.1) is 0 Å². The summed E-state index contributed by atoms with van der Waals surface area (Å²) in [5, 5.41) is 4.88. The largest absolute Gasteiger partial charge is 0.322 e. The first kappa shape index (κ1) is 12.1. The standard InChI is InChI=1S/C15H10N2O3/c18-13(16-9-5-2-1-3-6-9)10-7-4-8-11-12(10)15(20)17-14(11)19/h1-8H,(H,16,18)(H,17,19,20). The van der Waals surface area contributed by atoms with Gasteiger partial charge >= 0.3 is 0 Å². The lowest BCUT2D eigenvalue weighted by atomic mass is 10.0. The second-order valence-corrected chi connectivity index (χ2v) is 4.33. The number of para-hydroxylation sites is 1. The summed E-state index contributed by atoms with van der Waals surface area (Å²) in [6.07, 6.45) is 0. The minimum atomic E-state index is -0.538. The van der Waals surface area contributed by atoms with Crippen molar-refractivity contribution in [2.45, 2.75) is 0 Å². The molecule has 0 saturated carbocycles. The van der Waals surface area contributed by atoms with Crippen molar-refractivity contribution >= 4 is 23.4 Å². The Kier molecular flexibility index (Phi) is 2.80. The molecule has 0 aromatic heterocycles. The number of rotatable bonds is 2. The molecular weight excluding hydrogens is 256 g/mol. The van der Waals surface area contributed by atoms with Crippen LogP contribution >= 0.6 is 0 Å². The van der Waals surface area contributed by atoms with E-state index in [1.165, 1.54) is 12.1 Å². The number of anilines is 1. The third-order valence-electron chi connectivity index (χ3n) is 3.04. The van der Waals surface area contributed by atoms with Crippen LogP contribution in [0.1, 0.15) is 31.1 Å². The summed E-state index contributed by atoms with van der Waals surface area (Å²) < 4.78 is 0. The summed E-state index contributed by atoms with van der Waals surface area (Å²) in [5.74, 6) is -1.43. The number of fused-ring (bicyclic) bond motifs is 1. The van der Waals surface area contributed by atoms with Crippen LogP contribution in [0, 0.1) is 0 Å². The van der Waals surface area contributed by atoms with Crippen LogP contribution in [0.3, 0.4) is 0 Å². The molecule has 0 spiro atoms. The van der Waals surface area contributed by atoms with Gasteiger partial charge in [0, 0.05) is 5.69 Å². The molecule has 3 rings (SSSR count). The average Bonchev–Trinajstić information content (AvgIpc) is 2.75. The average molecular weight is 266 g/mol. The Balaban J connectivity index is 1.98. The molecule has 98 valence electrons. The maximum absolute atomic E-state index is 12.2. The Hall–Kier alpha value is -2.95. The van der Waals surface area contributed by atoms with E-state index in [1.807, 2.05) is 6.07 Å². The number of carbonyl (C=O) groups is 3. The molecule has 0 fully saturated rings. The van der Waals surface area contributed by atoms with E-state index in [9.17, 15) is 14.4 Å². The number of benzene rings is 2. The number of amides is 3. The summed E-state index contributed by atoms with van der Waals surface area (Å²) in [6.45, 7) is 0. The van der Waals surface area contributed by atoms with E-state index in [0.29, 0.717) is 5.69 Å². The molecule has 20 heavy (non-hydrogen) atoms. The van der Waals surface area contributed by atoms with Crippen LogP contribution in [0.15, 0.2) is 48.5 Å². The van der Waals surface area contributed by atoms with Gasteiger partial charge in [-0.3, -0.25) is 19.7 Å². The van der Waals surface area contributed by atoms with E-state index >= 15 is 0 Å². The predicted molar refractivity (Wildman–Crippen MR) is 72.6 cm³/mol. The topological polar surface area (TPSA) is 75.3 Å². The zero-order valence-corrected chi connectivity index (χ0v) is 10.3. The molecule has 5 heteroatoms. The zero-order chi connectivity index (χ0) is 14.1. The summed E-state index contributed by atoms with van der Waals surface area (Å²) in [5.41, 5.74) is 1.18. The Morgan fingerprint density at radius 2 is 1.65 bits per heavy atom. The minimum absolute atomic E-state index is 0.130. The highest BCUT2D eigenvalue weighted by Crippen LogP contribution is 2.21. The van der Waals surface area contributed by atoms with Crippen molar-refractivity contribution in [3.8, 4) is 0 Å². The van der Waals surface area contributed by atoms with Gasteiger partial charge < -0.3 is 5.32 Å². The molecule has 0 radical (unpaired) electrons. The highest BCUT2D eigenvalue weighted by atomic mass is 16.2. The molecule has 2 aromatic rings. The van der Waals surface area contributed by atoms with E-state index in [1.54, 1.807) is 30.3 Å². The molecule has 0 aliphatic carbocycles. The molecule has 3 amide bonds. The molecule has 0 bridgehead atoms.